The SMILES string of the molecule is C[C@@H](CC(=O)O)NC(=O)/C=C/c1cccc(NC(=O)OCC2c3ccccc3-c3ccccc32)c1. The van der Waals surface area contributed by atoms with Crippen molar-refractivity contribution in [2.24, 2.45) is 0 Å². The normalized spacial score (nSPS) is 13.1. The highest BCUT2D eigenvalue weighted by molar-refractivity contribution is 5.92. The Hall–Kier alpha value is -4.39. The lowest BCUT2D eigenvalue weighted by atomic mass is 9.98. The molecule has 0 bridgehead atoms. The Morgan fingerprint density at radius 1 is 0.971 bits per heavy atom. The molecule has 35 heavy (non-hydrogen) atoms. The van der Waals surface area contributed by atoms with Crippen LogP contribution in [0.1, 0.15) is 36.0 Å². The summed E-state index contributed by atoms with van der Waals surface area (Å²) in [5.41, 5.74) is 5.84. The van der Waals surface area contributed by atoms with Crippen molar-refractivity contribution in [3.05, 3.63) is 95.6 Å². The highest BCUT2D eigenvalue weighted by Crippen LogP contribution is 2.44. The Bertz CT molecular complexity index is 1240. The van der Waals surface area contributed by atoms with Crippen LogP contribution < -0.4 is 10.6 Å². The van der Waals surface area contributed by atoms with Crippen LogP contribution in [0.25, 0.3) is 17.2 Å². The summed E-state index contributed by atoms with van der Waals surface area (Å²) in [6.45, 7) is 1.84. The Kier molecular flexibility index (Phi) is 7.26. The number of fused-ring (bicyclic) bond motifs is 3. The van der Waals surface area contributed by atoms with Gasteiger partial charge < -0.3 is 15.2 Å². The van der Waals surface area contributed by atoms with Crippen LogP contribution in [0, 0.1) is 0 Å². The highest BCUT2D eigenvalue weighted by Gasteiger charge is 2.29. The molecule has 0 fully saturated rings. The smallest absolute Gasteiger partial charge is 0.411 e. The number of amides is 2. The number of aliphatic carboxylic acids is 1. The third kappa shape index (κ3) is 5.95. The molecule has 3 aromatic carbocycles. The summed E-state index contributed by atoms with van der Waals surface area (Å²) in [6.07, 6.45) is 2.20. The predicted molar refractivity (Wildman–Crippen MR) is 134 cm³/mol. The number of anilines is 1. The minimum atomic E-state index is -0.978. The number of benzene rings is 3. The molecule has 3 N–H and O–H groups in total. The van der Waals surface area contributed by atoms with Crippen LogP contribution in [0.4, 0.5) is 10.5 Å². The van der Waals surface area contributed by atoms with Crippen LogP contribution in [0.3, 0.4) is 0 Å². The van der Waals surface area contributed by atoms with Gasteiger partial charge in [-0.3, -0.25) is 14.9 Å². The van der Waals surface area contributed by atoms with Gasteiger partial charge in [-0.05, 0) is 52.9 Å². The average Bonchev–Trinajstić information content (AvgIpc) is 3.15. The van der Waals surface area contributed by atoms with Gasteiger partial charge in [0.25, 0.3) is 0 Å². The lowest BCUT2D eigenvalue weighted by Crippen LogP contribution is -2.32. The summed E-state index contributed by atoms with van der Waals surface area (Å²) in [5, 5.41) is 14.1. The maximum atomic E-state index is 12.5. The van der Waals surface area contributed by atoms with E-state index in [0.29, 0.717) is 11.3 Å². The van der Waals surface area contributed by atoms with Crippen molar-refractivity contribution in [2.75, 3.05) is 11.9 Å². The molecule has 0 heterocycles. The maximum Gasteiger partial charge on any atom is 0.411 e. The molecule has 0 aliphatic heterocycles. The van der Waals surface area contributed by atoms with E-state index in [1.54, 1.807) is 37.3 Å². The number of carboxylic acid groups (broad SMARTS) is 1. The number of ether oxygens (including phenoxy) is 1. The Morgan fingerprint density at radius 2 is 1.63 bits per heavy atom. The summed E-state index contributed by atoms with van der Waals surface area (Å²) in [5.74, 6) is -1.40. The lowest BCUT2D eigenvalue weighted by Gasteiger charge is -2.14. The van der Waals surface area contributed by atoms with E-state index in [-0.39, 0.29) is 18.9 Å². The Labute approximate surface area is 203 Å². The Morgan fingerprint density at radius 3 is 2.29 bits per heavy atom. The van der Waals surface area contributed by atoms with Crippen LogP contribution in [0.5, 0.6) is 0 Å². The number of carbonyl (C=O) groups excluding carboxylic acids is 2. The maximum absolute atomic E-state index is 12.5. The number of hydrogen-bond acceptors (Lipinski definition) is 4. The summed E-state index contributed by atoms with van der Waals surface area (Å²) >= 11 is 0. The zero-order chi connectivity index (χ0) is 24.8. The standard InChI is InChI=1S/C28H26N2O5/c1-18(15-27(32)33)29-26(31)14-13-19-7-6-8-20(16-19)30-28(34)35-17-25-23-11-4-2-9-21(23)22-10-3-5-12-24(22)25/h2-14,16,18,25H,15,17H2,1H3,(H,29,31)(H,30,34)(H,32,33)/b14-13+/t18-/m0/s1. The zero-order valence-corrected chi connectivity index (χ0v) is 19.2. The fraction of sp³-hybridized carbons (Fsp3) is 0.179. The second-order valence-electron chi connectivity index (χ2n) is 8.42. The number of carboxylic acids is 1. The quantitative estimate of drug-likeness (QED) is 0.400. The Balaban J connectivity index is 1.34. The van der Waals surface area contributed by atoms with Gasteiger partial charge in [-0.1, -0.05) is 60.7 Å². The summed E-state index contributed by atoms with van der Waals surface area (Å²) in [6, 6.07) is 22.8. The number of carbonyl (C=O) groups is 3. The minimum Gasteiger partial charge on any atom is -0.481 e. The van der Waals surface area contributed by atoms with Crippen LogP contribution in [-0.4, -0.2) is 35.7 Å². The van der Waals surface area contributed by atoms with E-state index in [1.165, 1.54) is 6.08 Å². The van der Waals surface area contributed by atoms with Gasteiger partial charge >= 0.3 is 12.1 Å². The minimum absolute atomic E-state index is 0.0237. The number of hydrogen-bond donors (Lipinski definition) is 3. The van der Waals surface area contributed by atoms with Crippen molar-refractivity contribution in [1.82, 2.24) is 5.32 Å². The molecule has 1 aliphatic rings. The topological polar surface area (TPSA) is 105 Å². The highest BCUT2D eigenvalue weighted by atomic mass is 16.5. The molecule has 0 saturated heterocycles. The van der Waals surface area contributed by atoms with E-state index in [1.807, 2.05) is 24.3 Å². The molecular formula is C28H26N2O5. The predicted octanol–water partition coefficient (Wildman–Crippen LogP) is 5.04. The van der Waals surface area contributed by atoms with Gasteiger partial charge in [-0.2, -0.15) is 0 Å². The van der Waals surface area contributed by atoms with E-state index in [4.69, 9.17) is 9.84 Å². The van der Waals surface area contributed by atoms with Crippen LogP contribution >= 0.6 is 0 Å². The first-order chi connectivity index (χ1) is 16.9. The third-order valence-corrected chi connectivity index (χ3v) is 5.77. The van der Waals surface area contributed by atoms with Crippen molar-refractivity contribution < 1.29 is 24.2 Å². The molecule has 1 atom stereocenters. The van der Waals surface area contributed by atoms with Gasteiger partial charge in [0.15, 0.2) is 0 Å². The molecule has 3 aromatic rings. The zero-order valence-electron chi connectivity index (χ0n) is 19.2. The average molecular weight is 471 g/mol. The summed E-state index contributed by atoms with van der Waals surface area (Å²) in [4.78, 5) is 35.2. The van der Waals surface area contributed by atoms with Gasteiger partial charge in [0.05, 0.1) is 6.42 Å². The van der Waals surface area contributed by atoms with Crippen molar-refractivity contribution in [3.63, 3.8) is 0 Å². The molecule has 0 saturated carbocycles. The fourth-order valence-electron chi connectivity index (χ4n) is 4.25. The van der Waals surface area contributed by atoms with E-state index in [0.717, 1.165) is 22.3 Å². The molecular weight excluding hydrogens is 444 g/mol. The molecule has 0 radical (unpaired) electrons. The van der Waals surface area contributed by atoms with E-state index in [9.17, 15) is 14.4 Å². The fourth-order valence-corrected chi connectivity index (χ4v) is 4.25. The lowest BCUT2D eigenvalue weighted by molar-refractivity contribution is -0.137. The van der Waals surface area contributed by atoms with Gasteiger partial charge in [0, 0.05) is 23.7 Å². The van der Waals surface area contributed by atoms with Gasteiger partial charge in [-0.15, -0.1) is 0 Å². The first-order valence-electron chi connectivity index (χ1n) is 11.3. The molecule has 0 spiro atoms. The van der Waals surface area contributed by atoms with E-state index >= 15 is 0 Å². The molecule has 7 nitrogen and oxygen atoms in total. The largest absolute Gasteiger partial charge is 0.481 e. The molecule has 7 heteroatoms. The second kappa shape index (κ2) is 10.7. The van der Waals surface area contributed by atoms with Crippen LogP contribution in [0.2, 0.25) is 0 Å². The molecule has 0 unspecified atom stereocenters. The van der Waals surface area contributed by atoms with E-state index in [2.05, 4.69) is 34.9 Å². The molecule has 178 valence electrons. The van der Waals surface area contributed by atoms with Gasteiger partial charge in [0.1, 0.15) is 6.61 Å². The van der Waals surface area contributed by atoms with Gasteiger partial charge in [0.2, 0.25) is 5.91 Å². The van der Waals surface area contributed by atoms with Crippen molar-refractivity contribution in [2.45, 2.75) is 25.3 Å². The first-order valence-corrected chi connectivity index (χ1v) is 11.3. The first kappa shape index (κ1) is 23.8. The molecule has 2 amide bonds. The van der Waals surface area contributed by atoms with Crippen molar-refractivity contribution >= 4 is 29.7 Å². The molecule has 1 aliphatic carbocycles. The van der Waals surface area contributed by atoms with Gasteiger partial charge in [-0.25, -0.2) is 4.79 Å². The number of nitrogens with one attached hydrogen (secondary N) is 2. The van der Waals surface area contributed by atoms with Crippen LogP contribution in [-0.2, 0) is 14.3 Å². The van der Waals surface area contributed by atoms with Crippen molar-refractivity contribution in [3.8, 4) is 11.1 Å². The number of rotatable bonds is 8. The van der Waals surface area contributed by atoms with Crippen LogP contribution in [0.15, 0.2) is 78.9 Å². The van der Waals surface area contributed by atoms with Crippen molar-refractivity contribution in [1.29, 1.82) is 0 Å². The molecule has 0 aromatic heterocycles. The summed E-state index contributed by atoms with van der Waals surface area (Å²) in [7, 11) is 0. The third-order valence-electron chi connectivity index (χ3n) is 5.77. The van der Waals surface area contributed by atoms with E-state index < -0.39 is 24.0 Å². The monoisotopic (exact) mass is 470 g/mol. The second-order valence-corrected chi connectivity index (χ2v) is 8.42. The summed E-state index contributed by atoms with van der Waals surface area (Å²) < 4.78 is 5.58. The molecule has 4 rings (SSSR count).